The third-order valence-electron chi connectivity index (χ3n) is 5.75. The molecule has 1 aromatic heterocycles. The van der Waals surface area contributed by atoms with Crippen LogP contribution in [0.3, 0.4) is 0 Å². The molecular weight excluding hydrogens is 440 g/mol. The van der Waals surface area contributed by atoms with Gasteiger partial charge in [-0.25, -0.2) is 8.42 Å². The van der Waals surface area contributed by atoms with Crippen LogP contribution in [-0.4, -0.2) is 42.5 Å². The highest BCUT2D eigenvalue weighted by atomic mass is 32.2. The van der Waals surface area contributed by atoms with Crippen LogP contribution in [0.2, 0.25) is 0 Å². The molecule has 8 nitrogen and oxygen atoms in total. The molecule has 0 spiro atoms. The van der Waals surface area contributed by atoms with Crippen molar-refractivity contribution >= 4 is 15.9 Å². The third kappa shape index (κ3) is 5.15. The van der Waals surface area contributed by atoms with Crippen LogP contribution in [0.25, 0.3) is 11.4 Å². The monoisotopic (exact) mass is 468 g/mol. The van der Waals surface area contributed by atoms with Gasteiger partial charge in [0.2, 0.25) is 21.7 Å². The van der Waals surface area contributed by atoms with Crippen LogP contribution < -0.4 is 4.72 Å². The number of hydrogen-bond donors (Lipinski definition) is 1. The van der Waals surface area contributed by atoms with Crippen LogP contribution in [0.5, 0.6) is 0 Å². The highest BCUT2D eigenvalue weighted by Gasteiger charge is 2.29. The molecule has 2 aromatic carbocycles. The molecule has 1 saturated heterocycles. The van der Waals surface area contributed by atoms with Crippen molar-refractivity contribution in [1.29, 1.82) is 0 Å². The minimum absolute atomic E-state index is 0.0102. The van der Waals surface area contributed by atoms with Crippen molar-refractivity contribution in [3.63, 3.8) is 0 Å². The first kappa shape index (κ1) is 23.1. The van der Waals surface area contributed by atoms with E-state index in [4.69, 9.17) is 4.52 Å². The molecule has 174 valence electrons. The number of amides is 1. The van der Waals surface area contributed by atoms with Gasteiger partial charge < -0.3 is 9.42 Å². The molecule has 4 rings (SSSR count). The quantitative estimate of drug-likeness (QED) is 0.563. The molecule has 1 aliphatic rings. The van der Waals surface area contributed by atoms with Crippen LogP contribution in [0.15, 0.2) is 57.9 Å². The van der Waals surface area contributed by atoms with Gasteiger partial charge in [0.25, 0.3) is 5.91 Å². The van der Waals surface area contributed by atoms with Crippen LogP contribution >= 0.6 is 0 Å². The Labute approximate surface area is 194 Å². The lowest BCUT2D eigenvalue weighted by atomic mass is 10.1. The lowest BCUT2D eigenvalue weighted by Crippen LogP contribution is -2.32. The number of benzene rings is 2. The number of aromatic nitrogens is 2. The summed E-state index contributed by atoms with van der Waals surface area (Å²) in [4.78, 5) is 19.2. The summed E-state index contributed by atoms with van der Waals surface area (Å²) in [5, 5.41) is 4.06. The molecule has 9 heteroatoms. The van der Waals surface area contributed by atoms with Crippen molar-refractivity contribution in [2.24, 2.45) is 5.92 Å². The van der Waals surface area contributed by atoms with Crippen LogP contribution in [0, 0.1) is 12.8 Å². The van der Waals surface area contributed by atoms with Crippen molar-refractivity contribution in [3.05, 3.63) is 65.5 Å². The molecule has 3 aromatic rings. The van der Waals surface area contributed by atoms with E-state index in [1.165, 1.54) is 0 Å². The van der Waals surface area contributed by atoms with Gasteiger partial charge in [-0.1, -0.05) is 48.8 Å². The molecule has 0 bridgehead atoms. The van der Waals surface area contributed by atoms with E-state index in [2.05, 4.69) is 14.9 Å². The number of carbonyl (C=O) groups excluding carboxylic acids is 1. The molecule has 2 heterocycles. The predicted octanol–water partition coefficient (Wildman–Crippen LogP) is 3.96. The van der Waals surface area contributed by atoms with Crippen LogP contribution in [0.4, 0.5) is 0 Å². The van der Waals surface area contributed by atoms with Crippen molar-refractivity contribution < 1.29 is 17.7 Å². The van der Waals surface area contributed by atoms with E-state index in [1.54, 1.807) is 48.5 Å². The zero-order valence-electron chi connectivity index (χ0n) is 19.0. The van der Waals surface area contributed by atoms with Gasteiger partial charge in [-0.15, -0.1) is 0 Å². The number of carbonyl (C=O) groups is 1. The maximum Gasteiger partial charge on any atom is 0.253 e. The molecule has 0 saturated carbocycles. The summed E-state index contributed by atoms with van der Waals surface area (Å²) in [6.45, 7) is 7.19. The first-order chi connectivity index (χ1) is 15.7. The molecule has 0 aliphatic carbocycles. The van der Waals surface area contributed by atoms with Gasteiger partial charge in [0.15, 0.2) is 0 Å². The Balaban J connectivity index is 1.57. The Bertz CT molecular complexity index is 1230. The highest BCUT2D eigenvalue weighted by molar-refractivity contribution is 7.89. The summed E-state index contributed by atoms with van der Waals surface area (Å²) in [5.74, 6) is 0.332. The molecule has 1 fully saturated rings. The average Bonchev–Trinajstić information content (AvgIpc) is 3.50. The number of rotatable bonds is 7. The van der Waals surface area contributed by atoms with Crippen molar-refractivity contribution in [1.82, 2.24) is 19.8 Å². The second kappa shape index (κ2) is 9.44. The van der Waals surface area contributed by atoms with Crippen molar-refractivity contribution in [2.45, 2.75) is 44.6 Å². The number of aryl methyl sites for hydroxylation is 1. The number of likely N-dealkylation sites (tertiary alicyclic amines) is 1. The highest BCUT2D eigenvalue weighted by Crippen LogP contribution is 2.26. The Hall–Kier alpha value is -3.04. The van der Waals surface area contributed by atoms with E-state index in [0.29, 0.717) is 17.0 Å². The number of nitrogens with one attached hydrogen (secondary N) is 1. The smallest absolute Gasteiger partial charge is 0.253 e. The first-order valence-electron chi connectivity index (χ1n) is 11.1. The summed E-state index contributed by atoms with van der Waals surface area (Å²) in [6.07, 6.45) is 2.05. The van der Waals surface area contributed by atoms with Gasteiger partial charge in [-0.3, -0.25) is 4.79 Å². The Morgan fingerprint density at radius 1 is 1.09 bits per heavy atom. The largest absolute Gasteiger partial charge is 0.339 e. The lowest BCUT2D eigenvalue weighted by molar-refractivity contribution is 0.0793. The average molecular weight is 469 g/mol. The summed E-state index contributed by atoms with van der Waals surface area (Å²) >= 11 is 0. The fourth-order valence-corrected chi connectivity index (χ4v) is 5.13. The van der Waals surface area contributed by atoms with Crippen LogP contribution in [-0.2, 0) is 10.0 Å². The summed E-state index contributed by atoms with van der Waals surface area (Å²) in [5.41, 5.74) is 2.18. The van der Waals surface area contributed by atoms with Gasteiger partial charge in [0.05, 0.1) is 4.90 Å². The van der Waals surface area contributed by atoms with E-state index in [1.807, 2.05) is 25.7 Å². The molecule has 1 aliphatic heterocycles. The summed E-state index contributed by atoms with van der Waals surface area (Å²) in [7, 11) is -3.78. The van der Waals surface area contributed by atoms with Crippen LogP contribution in [0.1, 0.15) is 54.5 Å². The fraction of sp³-hybridized carbons (Fsp3) is 0.375. The zero-order chi connectivity index (χ0) is 23.6. The van der Waals surface area contributed by atoms with Gasteiger partial charge in [-0.05, 0) is 49.9 Å². The molecule has 1 amide bonds. The maximum atomic E-state index is 12.9. The summed E-state index contributed by atoms with van der Waals surface area (Å²) < 4.78 is 34.0. The normalized spacial score (nSPS) is 15.2. The lowest BCUT2D eigenvalue weighted by Gasteiger charge is -2.18. The van der Waals surface area contributed by atoms with E-state index >= 15 is 0 Å². The van der Waals surface area contributed by atoms with E-state index in [-0.39, 0.29) is 22.6 Å². The van der Waals surface area contributed by atoms with Crippen molar-refractivity contribution in [3.8, 4) is 11.4 Å². The Kier molecular flexibility index (Phi) is 6.62. The SMILES string of the molecule is Cc1ccc(S(=O)(=O)NC(c2nc(-c3cccc(C(=O)N4CCCC4)c3)no2)C(C)C)cc1. The van der Waals surface area contributed by atoms with Gasteiger partial charge in [0.1, 0.15) is 6.04 Å². The standard InChI is InChI=1S/C24H28N4O4S/c1-16(2)21(27-33(30,31)20-11-9-17(3)10-12-20)23-25-22(26-32-23)18-7-6-8-19(15-18)24(29)28-13-4-5-14-28/h6-12,15-16,21,27H,4-5,13-14H2,1-3H3. The van der Waals surface area contributed by atoms with Gasteiger partial charge in [0, 0.05) is 24.2 Å². The number of hydrogen-bond acceptors (Lipinski definition) is 6. The van der Waals surface area contributed by atoms with E-state index in [9.17, 15) is 13.2 Å². The van der Waals surface area contributed by atoms with E-state index < -0.39 is 16.1 Å². The second-order valence-electron chi connectivity index (χ2n) is 8.69. The first-order valence-corrected chi connectivity index (χ1v) is 12.6. The van der Waals surface area contributed by atoms with Gasteiger partial charge in [-0.2, -0.15) is 9.71 Å². The molecular formula is C24H28N4O4S. The van der Waals surface area contributed by atoms with Crippen molar-refractivity contribution in [2.75, 3.05) is 13.1 Å². The Morgan fingerprint density at radius 2 is 1.79 bits per heavy atom. The topological polar surface area (TPSA) is 105 Å². The molecule has 1 unspecified atom stereocenters. The van der Waals surface area contributed by atoms with Gasteiger partial charge >= 0.3 is 0 Å². The Morgan fingerprint density at radius 3 is 2.45 bits per heavy atom. The maximum absolute atomic E-state index is 12.9. The second-order valence-corrected chi connectivity index (χ2v) is 10.4. The zero-order valence-corrected chi connectivity index (χ0v) is 19.8. The predicted molar refractivity (Wildman–Crippen MR) is 124 cm³/mol. The third-order valence-corrected chi connectivity index (χ3v) is 7.21. The van der Waals surface area contributed by atoms with E-state index in [0.717, 1.165) is 31.5 Å². The molecule has 1 N–H and O–H groups in total. The number of sulfonamides is 1. The summed E-state index contributed by atoms with van der Waals surface area (Å²) in [6, 6.07) is 13.0. The minimum atomic E-state index is -3.78. The minimum Gasteiger partial charge on any atom is -0.339 e. The molecule has 0 radical (unpaired) electrons. The fourth-order valence-electron chi connectivity index (χ4n) is 3.80. The molecule has 33 heavy (non-hydrogen) atoms. The number of nitrogens with zero attached hydrogens (tertiary/aromatic N) is 3. The molecule has 1 atom stereocenters.